The molecule has 1 aromatic rings. The summed E-state index contributed by atoms with van der Waals surface area (Å²) in [6, 6.07) is 4.39. The number of benzene rings is 1. The fraction of sp³-hybridized carbons (Fsp3) is 0.571. The molecule has 0 unspecified atom stereocenters. The summed E-state index contributed by atoms with van der Waals surface area (Å²) in [5.41, 5.74) is 0.0887. The number of hydrogen-bond donors (Lipinski definition) is 1. The maximum atomic E-state index is 10.8. The molecule has 0 heterocycles. The van der Waals surface area contributed by atoms with Gasteiger partial charge in [-0.3, -0.25) is 10.1 Å². The van der Waals surface area contributed by atoms with E-state index in [-0.39, 0.29) is 11.1 Å². The van der Waals surface area contributed by atoms with Crippen molar-refractivity contribution in [2.45, 2.75) is 25.7 Å². The molecule has 2 rings (SSSR count). The molecular weight excluding hydrogens is 278 g/mol. The largest absolute Gasteiger partial charge is 0.493 e. The summed E-state index contributed by atoms with van der Waals surface area (Å²) in [5.74, 6) is 1.71. The second kappa shape index (κ2) is 6.35. The van der Waals surface area contributed by atoms with Gasteiger partial charge in [-0.15, -0.1) is 0 Å². The molecule has 1 aliphatic carbocycles. The predicted molar refractivity (Wildman–Crippen MR) is 79.9 cm³/mol. The van der Waals surface area contributed by atoms with Gasteiger partial charge in [0.25, 0.3) is 5.69 Å². The quantitative estimate of drug-likeness (QED) is 0.496. The van der Waals surface area contributed by atoms with Crippen LogP contribution in [0.5, 0.6) is 11.5 Å². The standard InChI is InChI=1S/C14H19NO4S/c1-18-12-5-4-11(15(16)17)8-13(12)19-9-14(10-20)6-2-3-7-14/h4-5,8,20H,2-3,6-7,9-10H2,1H3. The Morgan fingerprint density at radius 1 is 1.35 bits per heavy atom. The summed E-state index contributed by atoms with van der Waals surface area (Å²) in [6.07, 6.45) is 4.56. The highest BCUT2D eigenvalue weighted by atomic mass is 32.1. The van der Waals surface area contributed by atoms with Crippen LogP contribution in [-0.4, -0.2) is 24.4 Å². The molecule has 0 N–H and O–H groups in total. The van der Waals surface area contributed by atoms with Crippen molar-refractivity contribution in [3.63, 3.8) is 0 Å². The molecule has 0 bridgehead atoms. The second-order valence-corrected chi connectivity index (χ2v) is 5.56. The van der Waals surface area contributed by atoms with E-state index < -0.39 is 4.92 Å². The number of hydrogen-bond acceptors (Lipinski definition) is 5. The van der Waals surface area contributed by atoms with Crippen LogP contribution >= 0.6 is 12.6 Å². The predicted octanol–water partition coefficient (Wildman–Crippen LogP) is 3.47. The van der Waals surface area contributed by atoms with Gasteiger partial charge >= 0.3 is 0 Å². The topological polar surface area (TPSA) is 61.6 Å². The van der Waals surface area contributed by atoms with Crippen molar-refractivity contribution >= 4 is 18.3 Å². The molecule has 110 valence electrons. The Balaban J connectivity index is 2.14. The molecule has 1 fully saturated rings. The van der Waals surface area contributed by atoms with Gasteiger partial charge in [0, 0.05) is 11.5 Å². The average Bonchev–Trinajstić information content (AvgIpc) is 2.94. The summed E-state index contributed by atoms with van der Waals surface area (Å²) < 4.78 is 11.0. The van der Waals surface area contributed by atoms with Gasteiger partial charge in [-0.1, -0.05) is 12.8 Å². The Hall–Kier alpha value is -1.43. The van der Waals surface area contributed by atoms with E-state index in [2.05, 4.69) is 12.6 Å². The third-order valence-corrected chi connectivity index (χ3v) is 4.56. The van der Waals surface area contributed by atoms with Crippen LogP contribution in [0, 0.1) is 15.5 Å². The number of nitro benzene ring substituents is 1. The van der Waals surface area contributed by atoms with Crippen LogP contribution in [0.2, 0.25) is 0 Å². The minimum Gasteiger partial charge on any atom is -0.493 e. The van der Waals surface area contributed by atoms with Crippen molar-refractivity contribution in [2.24, 2.45) is 5.41 Å². The van der Waals surface area contributed by atoms with Gasteiger partial charge in [0.15, 0.2) is 11.5 Å². The number of non-ortho nitro benzene ring substituents is 1. The summed E-state index contributed by atoms with van der Waals surface area (Å²) in [6.45, 7) is 0.522. The van der Waals surface area contributed by atoms with E-state index in [9.17, 15) is 10.1 Å². The van der Waals surface area contributed by atoms with E-state index in [1.807, 2.05) is 0 Å². The van der Waals surface area contributed by atoms with E-state index in [0.717, 1.165) is 18.6 Å². The first-order valence-corrected chi connectivity index (χ1v) is 7.29. The Morgan fingerprint density at radius 3 is 2.60 bits per heavy atom. The van der Waals surface area contributed by atoms with Crippen LogP contribution in [0.1, 0.15) is 25.7 Å². The van der Waals surface area contributed by atoms with Crippen molar-refractivity contribution in [3.8, 4) is 11.5 Å². The van der Waals surface area contributed by atoms with E-state index in [4.69, 9.17) is 9.47 Å². The lowest BCUT2D eigenvalue weighted by molar-refractivity contribution is -0.385. The third-order valence-electron chi connectivity index (χ3n) is 3.89. The summed E-state index contributed by atoms with van der Waals surface area (Å²) in [5, 5.41) is 10.8. The molecule has 0 radical (unpaired) electrons. The van der Waals surface area contributed by atoms with Gasteiger partial charge in [0.2, 0.25) is 0 Å². The normalized spacial score (nSPS) is 16.9. The molecule has 0 atom stereocenters. The molecule has 0 aromatic heterocycles. The van der Waals surface area contributed by atoms with E-state index in [0.29, 0.717) is 18.1 Å². The van der Waals surface area contributed by atoms with Crippen LogP contribution in [0.4, 0.5) is 5.69 Å². The number of methoxy groups -OCH3 is 1. The van der Waals surface area contributed by atoms with Crippen molar-refractivity contribution in [3.05, 3.63) is 28.3 Å². The monoisotopic (exact) mass is 297 g/mol. The highest BCUT2D eigenvalue weighted by molar-refractivity contribution is 7.80. The van der Waals surface area contributed by atoms with E-state index in [1.54, 1.807) is 6.07 Å². The zero-order valence-corrected chi connectivity index (χ0v) is 12.4. The summed E-state index contributed by atoms with van der Waals surface area (Å²) in [4.78, 5) is 10.4. The lowest BCUT2D eigenvalue weighted by atomic mass is 9.90. The highest BCUT2D eigenvalue weighted by Crippen LogP contribution is 2.40. The second-order valence-electron chi connectivity index (χ2n) is 5.25. The zero-order valence-electron chi connectivity index (χ0n) is 11.5. The van der Waals surface area contributed by atoms with Crippen molar-refractivity contribution in [2.75, 3.05) is 19.5 Å². The van der Waals surface area contributed by atoms with Crippen LogP contribution in [-0.2, 0) is 0 Å². The fourth-order valence-corrected chi connectivity index (χ4v) is 3.00. The summed E-state index contributed by atoms with van der Waals surface area (Å²) in [7, 11) is 1.53. The number of ether oxygens (including phenoxy) is 2. The molecule has 1 aliphatic rings. The number of nitrogens with zero attached hydrogens (tertiary/aromatic N) is 1. The molecule has 20 heavy (non-hydrogen) atoms. The van der Waals surface area contributed by atoms with Crippen molar-refractivity contribution < 1.29 is 14.4 Å². The zero-order chi connectivity index (χ0) is 14.6. The van der Waals surface area contributed by atoms with Crippen molar-refractivity contribution in [1.29, 1.82) is 0 Å². The molecule has 1 saturated carbocycles. The van der Waals surface area contributed by atoms with Gasteiger partial charge < -0.3 is 9.47 Å². The van der Waals surface area contributed by atoms with E-state index in [1.165, 1.54) is 32.1 Å². The molecule has 5 nitrogen and oxygen atoms in total. The Kier molecular flexibility index (Phi) is 4.75. The summed E-state index contributed by atoms with van der Waals surface area (Å²) >= 11 is 4.43. The third kappa shape index (κ3) is 3.17. The first-order chi connectivity index (χ1) is 9.60. The van der Waals surface area contributed by atoms with Gasteiger partial charge in [-0.2, -0.15) is 12.6 Å². The van der Waals surface area contributed by atoms with E-state index >= 15 is 0 Å². The molecule has 0 spiro atoms. The molecule has 0 aliphatic heterocycles. The van der Waals surface area contributed by atoms with Crippen LogP contribution in [0.3, 0.4) is 0 Å². The SMILES string of the molecule is COc1ccc([N+](=O)[O-])cc1OCC1(CS)CCCC1. The minimum atomic E-state index is -0.434. The van der Waals surface area contributed by atoms with Gasteiger partial charge in [-0.25, -0.2) is 0 Å². The van der Waals surface area contributed by atoms with Crippen LogP contribution < -0.4 is 9.47 Å². The van der Waals surface area contributed by atoms with Crippen molar-refractivity contribution in [1.82, 2.24) is 0 Å². The molecule has 6 heteroatoms. The smallest absolute Gasteiger partial charge is 0.273 e. The fourth-order valence-electron chi connectivity index (χ4n) is 2.60. The maximum absolute atomic E-state index is 10.8. The Labute approximate surface area is 123 Å². The number of rotatable bonds is 6. The molecule has 0 saturated heterocycles. The first kappa shape index (κ1) is 15.0. The number of thiol groups is 1. The Bertz CT molecular complexity index is 486. The Morgan fingerprint density at radius 2 is 2.05 bits per heavy atom. The molecular formula is C14H19NO4S. The highest BCUT2D eigenvalue weighted by Gasteiger charge is 2.33. The van der Waals surface area contributed by atoms with Crippen LogP contribution in [0.25, 0.3) is 0 Å². The lowest BCUT2D eigenvalue weighted by Crippen LogP contribution is -2.27. The lowest BCUT2D eigenvalue weighted by Gasteiger charge is -2.27. The average molecular weight is 297 g/mol. The van der Waals surface area contributed by atoms with Gasteiger partial charge in [0.1, 0.15) is 0 Å². The number of nitro groups is 1. The first-order valence-electron chi connectivity index (χ1n) is 6.66. The van der Waals surface area contributed by atoms with Crippen LogP contribution in [0.15, 0.2) is 18.2 Å². The van der Waals surface area contributed by atoms with Gasteiger partial charge in [-0.05, 0) is 24.7 Å². The maximum Gasteiger partial charge on any atom is 0.273 e. The molecule has 0 amide bonds. The molecule has 1 aromatic carbocycles. The van der Waals surface area contributed by atoms with Gasteiger partial charge in [0.05, 0.1) is 24.7 Å². The minimum absolute atomic E-state index is 0.00662.